The molecule has 1 aromatic carbocycles. The molecule has 2 aromatic rings. The van der Waals surface area contributed by atoms with Gasteiger partial charge in [-0.1, -0.05) is 0 Å². The predicted molar refractivity (Wildman–Crippen MR) is 87.2 cm³/mol. The smallest absolute Gasteiger partial charge is 0.319 e. The maximum Gasteiger partial charge on any atom is 0.319 e. The van der Waals surface area contributed by atoms with Crippen LogP contribution in [0.4, 0.5) is 29.5 Å². The summed E-state index contributed by atoms with van der Waals surface area (Å²) in [6.07, 6.45) is 1.57. The lowest BCUT2D eigenvalue weighted by Crippen LogP contribution is -2.37. The van der Waals surface area contributed by atoms with Gasteiger partial charge in [0.1, 0.15) is 11.6 Å². The normalized spacial score (nSPS) is 14.2. The topological polar surface area (TPSA) is 79.4 Å². The Morgan fingerprint density at radius 2 is 1.92 bits per heavy atom. The van der Waals surface area contributed by atoms with Crippen LogP contribution in [0.2, 0.25) is 0 Å². The number of carbonyl (C=O) groups excluding carboxylic acids is 1. The van der Waals surface area contributed by atoms with Crippen molar-refractivity contribution < 1.29 is 22.7 Å². The van der Waals surface area contributed by atoms with Gasteiger partial charge in [-0.25, -0.2) is 27.9 Å². The standard InChI is InChI=1S/C16H16F3N5O2/c17-10-1-2-11(15(19)14(10)18)22-16(25)21-9-12-20-4-3-13(23-12)24-5-7-26-8-6-24/h1-4H,5-9H2,(H2,21,22,25). The summed E-state index contributed by atoms with van der Waals surface area (Å²) in [6.45, 7) is 2.62. The number of rotatable bonds is 4. The number of halogens is 3. The summed E-state index contributed by atoms with van der Waals surface area (Å²) in [5, 5.41) is 4.55. The van der Waals surface area contributed by atoms with E-state index in [4.69, 9.17) is 4.74 Å². The first-order chi connectivity index (χ1) is 12.5. The van der Waals surface area contributed by atoms with Crippen molar-refractivity contribution in [1.82, 2.24) is 15.3 Å². The molecule has 2 N–H and O–H groups in total. The first kappa shape index (κ1) is 17.9. The number of hydrogen-bond acceptors (Lipinski definition) is 5. The fraction of sp³-hybridized carbons (Fsp3) is 0.312. The van der Waals surface area contributed by atoms with Crippen LogP contribution in [0.15, 0.2) is 24.4 Å². The molecular weight excluding hydrogens is 351 g/mol. The molecule has 0 aliphatic carbocycles. The van der Waals surface area contributed by atoms with E-state index in [1.807, 2.05) is 4.90 Å². The number of ether oxygens (including phenoxy) is 1. The summed E-state index contributed by atoms with van der Waals surface area (Å²) in [4.78, 5) is 22.3. The van der Waals surface area contributed by atoms with E-state index < -0.39 is 29.2 Å². The Labute approximate surface area is 147 Å². The highest BCUT2D eigenvalue weighted by Crippen LogP contribution is 2.19. The van der Waals surface area contributed by atoms with Gasteiger partial charge in [0.2, 0.25) is 0 Å². The third kappa shape index (κ3) is 4.20. The highest BCUT2D eigenvalue weighted by molar-refractivity contribution is 5.89. The third-order valence-corrected chi connectivity index (χ3v) is 3.72. The zero-order valence-corrected chi connectivity index (χ0v) is 13.6. The molecule has 1 saturated heterocycles. The molecule has 10 heteroatoms. The lowest BCUT2D eigenvalue weighted by Gasteiger charge is -2.27. The van der Waals surface area contributed by atoms with Crippen molar-refractivity contribution in [2.75, 3.05) is 36.5 Å². The number of anilines is 2. The summed E-state index contributed by atoms with van der Waals surface area (Å²) < 4.78 is 44.9. The van der Waals surface area contributed by atoms with E-state index in [9.17, 15) is 18.0 Å². The molecule has 0 atom stereocenters. The Balaban J connectivity index is 1.58. The van der Waals surface area contributed by atoms with Crippen molar-refractivity contribution in [1.29, 1.82) is 0 Å². The molecule has 138 valence electrons. The van der Waals surface area contributed by atoms with E-state index in [-0.39, 0.29) is 6.54 Å². The van der Waals surface area contributed by atoms with E-state index in [1.54, 1.807) is 12.3 Å². The van der Waals surface area contributed by atoms with E-state index in [1.165, 1.54) is 0 Å². The van der Waals surface area contributed by atoms with Gasteiger partial charge < -0.3 is 20.3 Å². The first-order valence-electron chi connectivity index (χ1n) is 7.87. The summed E-state index contributed by atoms with van der Waals surface area (Å²) in [5.41, 5.74) is -0.468. The van der Waals surface area contributed by atoms with Gasteiger partial charge in [-0.05, 0) is 18.2 Å². The van der Waals surface area contributed by atoms with Crippen LogP contribution in [0.3, 0.4) is 0 Å². The SMILES string of the molecule is O=C(NCc1nccc(N2CCOCC2)n1)Nc1ccc(F)c(F)c1F. The number of morpholine rings is 1. The number of carbonyl (C=O) groups is 1. The first-order valence-corrected chi connectivity index (χ1v) is 7.87. The third-order valence-electron chi connectivity index (χ3n) is 3.72. The van der Waals surface area contributed by atoms with Gasteiger partial charge >= 0.3 is 6.03 Å². The van der Waals surface area contributed by atoms with Crippen LogP contribution in [-0.2, 0) is 11.3 Å². The second kappa shape index (κ2) is 8.00. The quantitative estimate of drug-likeness (QED) is 0.809. The van der Waals surface area contributed by atoms with Gasteiger partial charge in [0.15, 0.2) is 17.5 Å². The molecule has 1 fully saturated rings. The highest BCUT2D eigenvalue weighted by Gasteiger charge is 2.16. The zero-order chi connectivity index (χ0) is 18.5. The Kier molecular flexibility index (Phi) is 5.52. The van der Waals surface area contributed by atoms with E-state index in [0.717, 1.165) is 12.1 Å². The maximum atomic E-state index is 13.5. The number of benzene rings is 1. The molecule has 0 saturated carbocycles. The van der Waals surface area contributed by atoms with Crippen molar-refractivity contribution in [3.63, 3.8) is 0 Å². The van der Waals surface area contributed by atoms with Gasteiger partial charge in [-0.2, -0.15) is 0 Å². The number of aromatic nitrogens is 2. The molecule has 1 aromatic heterocycles. The van der Waals surface area contributed by atoms with Crippen LogP contribution in [-0.4, -0.2) is 42.3 Å². The minimum absolute atomic E-state index is 0.0185. The number of hydrogen-bond donors (Lipinski definition) is 2. The largest absolute Gasteiger partial charge is 0.378 e. The highest BCUT2D eigenvalue weighted by atomic mass is 19.2. The Morgan fingerprint density at radius 1 is 1.15 bits per heavy atom. The molecular formula is C16H16F3N5O2. The van der Waals surface area contributed by atoms with E-state index in [2.05, 4.69) is 20.6 Å². The van der Waals surface area contributed by atoms with Crippen molar-refractivity contribution in [2.45, 2.75) is 6.54 Å². The molecule has 0 spiro atoms. The van der Waals surface area contributed by atoms with Gasteiger partial charge in [0, 0.05) is 19.3 Å². The van der Waals surface area contributed by atoms with Gasteiger partial charge in [0.05, 0.1) is 25.4 Å². The monoisotopic (exact) mass is 367 g/mol. The average Bonchev–Trinajstić information content (AvgIpc) is 2.68. The minimum Gasteiger partial charge on any atom is -0.378 e. The van der Waals surface area contributed by atoms with Gasteiger partial charge in [0.25, 0.3) is 0 Å². The number of amides is 2. The molecule has 0 radical (unpaired) electrons. The number of nitrogens with zero attached hydrogens (tertiary/aromatic N) is 3. The summed E-state index contributed by atoms with van der Waals surface area (Å²) in [7, 11) is 0. The van der Waals surface area contributed by atoms with Gasteiger partial charge in [-0.15, -0.1) is 0 Å². The van der Waals surface area contributed by atoms with E-state index in [0.29, 0.717) is 37.9 Å². The molecule has 2 amide bonds. The Morgan fingerprint density at radius 3 is 2.69 bits per heavy atom. The lowest BCUT2D eigenvalue weighted by molar-refractivity contribution is 0.122. The van der Waals surface area contributed by atoms with Crippen molar-refractivity contribution in [3.05, 3.63) is 47.7 Å². The van der Waals surface area contributed by atoms with Gasteiger partial charge in [-0.3, -0.25) is 0 Å². The van der Waals surface area contributed by atoms with Crippen LogP contribution in [0, 0.1) is 17.5 Å². The molecule has 7 nitrogen and oxygen atoms in total. The molecule has 1 aliphatic rings. The number of nitrogens with one attached hydrogen (secondary N) is 2. The predicted octanol–water partition coefficient (Wildman–Crippen LogP) is 2.05. The summed E-state index contributed by atoms with van der Waals surface area (Å²) >= 11 is 0. The fourth-order valence-corrected chi connectivity index (χ4v) is 2.39. The molecule has 0 bridgehead atoms. The zero-order valence-electron chi connectivity index (χ0n) is 13.6. The summed E-state index contributed by atoms with van der Waals surface area (Å²) in [5.74, 6) is -3.38. The minimum atomic E-state index is -1.65. The summed E-state index contributed by atoms with van der Waals surface area (Å²) in [6, 6.07) is 2.62. The van der Waals surface area contributed by atoms with E-state index >= 15 is 0 Å². The average molecular weight is 367 g/mol. The molecule has 0 unspecified atom stereocenters. The molecule has 1 aliphatic heterocycles. The molecule has 3 rings (SSSR count). The van der Waals surface area contributed by atoms with Crippen molar-refractivity contribution >= 4 is 17.5 Å². The Hall–Kier alpha value is -2.88. The number of urea groups is 1. The fourth-order valence-electron chi connectivity index (χ4n) is 2.39. The second-order valence-electron chi connectivity index (χ2n) is 5.46. The van der Waals surface area contributed by atoms with Crippen molar-refractivity contribution in [2.24, 2.45) is 0 Å². The van der Waals surface area contributed by atoms with Crippen molar-refractivity contribution in [3.8, 4) is 0 Å². The van der Waals surface area contributed by atoms with Crippen LogP contribution in [0.5, 0.6) is 0 Å². The van der Waals surface area contributed by atoms with Crippen LogP contribution < -0.4 is 15.5 Å². The molecule has 2 heterocycles. The van der Waals surface area contributed by atoms with Crippen LogP contribution in [0.25, 0.3) is 0 Å². The molecule has 26 heavy (non-hydrogen) atoms. The van der Waals surface area contributed by atoms with Crippen LogP contribution in [0.1, 0.15) is 5.82 Å². The maximum absolute atomic E-state index is 13.5. The second-order valence-corrected chi connectivity index (χ2v) is 5.46. The Bertz CT molecular complexity index is 799. The van der Waals surface area contributed by atoms with Crippen LogP contribution >= 0.6 is 0 Å². The lowest BCUT2D eigenvalue weighted by atomic mass is 10.3.